The molecule has 3 heteroatoms. The molecule has 0 aromatic rings. The van der Waals surface area contributed by atoms with Crippen LogP contribution in [-0.2, 0) is 4.74 Å². The van der Waals surface area contributed by atoms with Gasteiger partial charge in [-0.25, -0.2) is 0 Å². The highest BCUT2D eigenvalue weighted by Gasteiger charge is 2.31. The summed E-state index contributed by atoms with van der Waals surface area (Å²) in [4.78, 5) is 0. The van der Waals surface area contributed by atoms with Gasteiger partial charge in [-0.1, -0.05) is 19.3 Å². The summed E-state index contributed by atoms with van der Waals surface area (Å²) in [6.45, 7) is 5.15. The standard InChI is InChI=1S/C14H27NO2/c1-14(2)10-11(8-9-17-14)15-12-6-4-3-5-7-13(12)16/h11-13,15-16H,3-10H2,1-2H3. The van der Waals surface area contributed by atoms with Gasteiger partial charge in [-0.05, 0) is 39.5 Å². The van der Waals surface area contributed by atoms with Gasteiger partial charge >= 0.3 is 0 Å². The fourth-order valence-electron chi connectivity index (χ4n) is 3.16. The lowest BCUT2D eigenvalue weighted by Gasteiger charge is -2.38. The summed E-state index contributed by atoms with van der Waals surface area (Å²) in [6, 6.07) is 0.813. The van der Waals surface area contributed by atoms with Crippen molar-refractivity contribution in [2.24, 2.45) is 0 Å². The van der Waals surface area contributed by atoms with Crippen molar-refractivity contribution in [1.82, 2.24) is 5.32 Å². The molecule has 1 aliphatic carbocycles. The van der Waals surface area contributed by atoms with Gasteiger partial charge in [0.05, 0.1) is 11.7 Å². The highest BCUT2D eigenvalue weighted by molar-refractivity contribution is 4.88. The normalized spacial score (nSPS) is 38.6. The van der Waals surface area contributed by atoms with Crippen molar-refractivity contribution in [2.75, 3.05) is 6.61 Å². The molecule has 1 heterocycles. The highest BCUT2D eigenvalue weighted by Crippen LogP contribution is 2.26. The number of hydrogen-bond donors (Lipinski definition) is 2. The first-order valence-corrected chi connectivity index (χ1v) is 7.15. The van der Waals surface area contributed by atoms with Crippen LogP contribution in [0.15, 0.2) is 0 Å². The van der Waals surface area contributed by atoms with E-state index in [0.717, 1.165) is 32.3 Å². The van der Waals surface area contributed by atoms with Gasteiger partial charge in [0, 0.05) is 18.7 Å². The first-order chi connectivity index (χ1) is 8.07. The Hall–Kier alpha value is -0.120. The van der Waals surface area contributed by atoms with E-state index in [-0.39, 0.29) is 11.7 Å². The van der Waals surface area contributed by atoms with Gasteiger partial charge in [-0.3, -0.25) is 0 Å². The zero-order valence-electron chi connectivity index (χ0n) is 11.2. The second-order valence-corrected chi connectivity index (χ2v) is 6.28. The molecule has 2 aliphatic rings. The minimum absolute atomic E-state index is 0.00833. The van der Waals surface area contributed by atoms with Crippen LogP contribution in [0.1, 0.15) is 58.8 Å². The molecule has 2 rings (SSSR count). The Morgan fingerprint density at radius 3 is 2.65 bits per heavy atom. The maximum atomic E-state index is 10.1. The van der Waals surface area contributed by atoms with Crippen LogP contribution in [0.4, 0.5) is 0 Å². The van der Waals surface area contributed by atoms with Crippen molar-refractivity contribution in [3.8, 4) is 0 Å². The van der Waals surface area contributed by atoms with Gasteiger partial charge in [-0.2, -0.15) is 0 Å². The fourth-order valence-corrected chi connectivity index (χ4v) is 3.16. The molecule has 1 aliphatic heterocycles. The van der Waals surface area contributed by atoms with Gasteiger partial charge in [0.1, 0.15) is 0 Å². The van der Waals surface area contributed by atoms with Gasteiger partial charge in [0.2, 0.25) is 0 Å². The molecule has 2 fully saturated rings. The summed E-state index contributed by atoms with van der Waals surface area (Å²) in [5.74, 6) is 0. The van der Waals surface area contributed by atoms with E-state index < -0.39 is 0 Å². The van der Waals surface area contributed by atoms with E-state index in [1.807, 2.05) is 0 Å². The molecule has 1 saturated heterocycles. The van der Waals surface area contributed by atoms with Crippen LogP contribution in [0.3, 0.4) is 0 Å². The van der Waals surface area contributed by atoms with E-state index in [1.165, 1.54) is 19.3 Å². The summed E-state index contributed by atoms with van der Waals surface area (Å²) < 4.78 is 5.73. The van der Waals surface area contributed by atoms with Crippen molar-refractivity contribution in [1.29, 1.82) is 0 Å². The van der Waals surface area contributed by atoms with E-state index in [4.69, 9.17) is 4.74 Å². The maximum Gasteiger partial charge on any atom is 0.0693 e. The third-order valence-electron chi connectivity index (χ3n) is 4.13. The SMILES string of the molecule is CC1(C)CC(NC2CCCCCC2O)CCO1. The molecule has 1 saturated carbocycles. The predicted molar refractivity (Wildman–Crippen MR) is 69.1 cm³/mol. The van der Waals surface area contributed by atoms with Gasteiger partial charge in [0.25, 0.3) is 0 Å². The van der Waals surface area contributed by atoms with E-state index in [2.05, 4.69) is 19.2 Å². The molecule has 100 valence electrons. The molecular formula is C14H27NO2. The Morgan fingerprint density at radius 2 is 1.88 bits per heavy atom. The second kappa shape index (κ2) is 5.68. The quantitative estimate of drug-likeness (QED) is 0.728. The van der Waals surface area contributed by atoms with Crippen molar-refractivity contribution in [3.05, 3.63) is 0 Å². The van der Waals surface area contributed by atoms with E-state index in [1.54, 1.807) is 0 Å². The maximum absolute atomic E-state index is 10.1. The van der Waals surface area contributed by atoms with Gasteiger partial charge in [0.15, 0.2) is 0 Å². The number of hydrogen-bond acceptors (Lipinski definition) is 3. The summed E-state index contributed by atoms with van der Waals surface area (Å²) in [7, 11) is 0. The molecule has 0 aromatic carbocycles. The molecule has 0 bridgehead atoms. The molecule has 3 atom stereocenters. The van der Waals surface area contributed by atoms with Crippen LogP contribution in [-0.4, -0.2) is 35.5 Å². The Labute approximate surface area is 105 Å². The van der Waals surface area contributed by atoms with E-state index in [0.29, 0.717) is 12.1 Å². The minimum Gasteiger partial charge on any atom is -0.392 e. The number of nitrogens with one attached hydrogen (secondary N) is 1. The van der Waals surface area contributed by atoms with E-state index >= 15 is 0 Å². The highest BCUT2D eigenvalue weighted by atomic mass is 16.5. The largest absolute Gasteiger partial charge is 0.392 e. The third kappa shape index (κ3) is 3.94. The molecular weight excluding hydrogens is 214 g/mol. The zero-order chi connectivity index (χ0) is 12.3. The fraction of sp³-hybridized carbons (Fsp3) is 1.00. The molecule has 0 aromatic heterocycles. The lowest BCUT2D eigenvalue weighted by atomic mass is 9.92. The summed E-state index contributed by atoms with van der Waals surface area (Å²) in [5.41, 5.74) is -0.00833. The molecule has 3 nitrogen and oxygen atoms in total. The van der Waals surface area contributed by atoms with E-state index in [9.17, 15) is 5.11 Å². The summed E-state index contributed by atoms with van der Waals surface area (Å²) in [6.07, 6.45) is 7.77. The van der Waals surface area contributed by atoms with Crippen LogP contribution in [0.5, 0.6) is 0 Å². The minimum atomic E-state index is -0.150. The smallest absolute Gasteiger partial charge is 0.0693 e. The van der Waals surface area contributed by atoms with Crippen LogP contribution in [0.2, 0.25) is 0 Å². The first kappa shape index (κ1) is 13.3. The topological polar surface area (TPSA) is 41.5 Å². The lowest BCUT2D eigenvalue weighted by Crippen LogP contribution is -2.50. The number of ether oxygens (including phenoxy) is 1. The molecule has 0 amide bonds. The van der Waals surface area contributed by atoms with Crippen LogP contribution in [0, 0.1) is 0 Å². The van der Waals surface area contributed by atoms with Crippen LogP contribution >= 0.6 is 0 Å². The summed E-state index contributed by atoms with van der Waals surface area (Å²) in [5, 5.41) is 13.8. The Balaban J connectivity index is 1.86. The third-order valence-corrected chi connectivity index (χ3v) is 4.13. The zero-order valence-corrected chi connectivity index (χ0v) is 11.2. The number of aliphatic hydroxyl groups excluding tert-OH is 1. The molecule has 17 heavy (non-hydrogen) atoms. The Kier molecular flexibility index (Phi) is 4.45. The monoisotopic (exact) mass is 241 g/mol. The lowest BCUT2D eigenvalue weighted by molar-refractivity contribution is -0.0664. The van der Waals surface area contributed by atoms with Gasteiger partial charge in [-0.15, -0.1) is 0 Å². The Bertz CT molecular complexity index is 242. The average Bonchev–Trinajstić information content (AvgIpc) is 2.43. The number of aliphatic hydroxyl groups is 1. The van der Waals surface area contributed by atoms with Crippen molar-refractivity contribution < 1.29 is 9.84 Å². The van der Waals surface area contributed by atoms with Crippen molar-refractivity contribution >= 4 is 0 Å². The molecule has 2 N–H and O–H groups in total. The predicted octanol–water partition coefficient (Wildman–Crippen LogP) is 2.23. The average molecular weight is 241 g/mol. The molecule has 3 unspecified atom stereocenters. The summed E-state index contributed by atoms with van der Waals surface area (Å²) >= 11 is 0. The van der Waals surface area contributed by atoms with Crippen LogP contribution in [0.25, 0.3) is 0 Å². The second-order valence-electron chi connectivity index (χ2n) is 6.28. The number of rotatable bonds is 2. The van der Waals surface area contributed by atoms with Crippen molar-refractivity contribution in [3.63, 3.8) is 0 Å². The molecule has 0 spiro atoms. The first-order valence-electron chi connectivity index (χ1n) is 7.15. The van der Waals surface area contributed by atoms with Gasteiger partial charge < -0.3 is 15.2 Å². The molecule has 0 radical (unpaired) electrons. The van der Waals surface area contributed by atoms with Crippen LogP contribution < -0.4 is 5.32 Å². The van der Waals surface area contributed by atoms with Crippen molar-refractivity contribution in [2.45, 2.75) is 82.6 Å². The Morgan fingerprint density at radius 1 is 1.12 bits per heavy atom.